The van der Waals surface area contributed by atoms with Crippen LogP contribution in [0.3, 0.4) is 0 Å². The van der Waals surface area contributed by atoms with Crippen molar-refractivity contribution in [2.45, 2.75) is 42.5 Å². The van der Waals surface area contributed by atoms with Crippen LogP contribution in [-0.2, 0) is 9.84 Å². The van der Waals surface area contributed by atoms with E-state index in [1.165, 1.54) is 11.3 Å². The van der Waals surface area contributed by atoms with Crippen LogP contribution in [0.15, 0.2) is 56.1 Å². The summed E-state index contributed by atoms with van der Waals surface area (Å²) in [7, 11) is -3.76. The molecule has 0 unspecified atom stereocenters. The van der Waals surface area contributed by atoms with Crippen LogP contribution in [0.4, 0.5) is 5.88 Å². The standard InChI is InChI=1S/C20H22N2O3S2/c1-15-8-10-16(11-9-15)27(23,24)19-20(22-12-4-2-3-5-13-22)25-18(21-19)17-7-6-14-26-17/h6-11,14H,2-5,12-13H2,1H3. The van der Waals surface area contributed by atoms with E-state index in [1.54, 1.807) is 24.3 Å². The molecule has 142 valence electrons. The number of hydrogen-bond donors (Lipinski definition) is 0. The van der Waals surface area contributed by atoms with E-state index in [9.17, 15) is 8.42 Å². The Morgan fingerprint density at radius 1 is 1.04 bits per heavy atom. The number of oxazole rings is 1. The summed E-state index contributed by atoms with van der Waals surface area (Å²) >= 11 is 1.49. The molecule has 5 nitrogen and oxygen atoms in total. The highest BCUT2D eigenvalue weighted by atomic mass is 32.2. The molecule has 1 aromatic carbocycles. The second kappa shape index (κ2) is 7.48. The lowest BCUT2D eigenvalue weighted by Crippen LogP contribution is -2.25. The van der Waals surface area contributed by atoms with Crippen LogP contribution in [0, 0.1) is 6.92 Å². The van der Waals surface area contributed by atoms with Gasteiger partial charge in [0.2, 0.25) is 26.6 Å². The van der Waals surface area contributed by atoms with E-state index in [1.807, 2.05) is 29.3 Å². The molecule has 1 saturated heterocycles. The van der Waals surface area contributed by atoms with Crippen molar-refractivity contribution >= 4 is 27.1 Å². The molecule has 27 heavy (non-hydrogen) atoms. The average Bonchev–Trinajstić information content (AvgIpc) is 3.27. The molecule has 3 aromatic rings. The highest BCUT2D eigenvalue weighted by Gasteiger charge is 2.31. The summed E-state index contributed by atoms with van der Waals surface area (Å²) in [6, 6.07) is 10.7. The second-order valence-electron chi connectivity index (χ2n) is 6.82. The highest BCUT2D eigenvalue weighted by Crippen LogP contribution is 2.36. The van der Waals surface area contributed by atoms with Gasteiger partial charge in [-0.3, -0.25) is 0 Å². The number of anilines is 1. The van der Waals surface area contributed by atoms with Gasteiger partial charge in [-0.2, -0.15) is 4.98 Å². The molecule has 0 bridgehead atoms. The molecule has 1 aliphatic rings. The third kappa shape index (κ3) is 3.66. The van der Waals surface area contributed by atoms with Crippen LogP contribution < -0.4 is 4.90 Å². The Balaban J connectivity index is 1.83. The summed E-state index contributed by atoms with van der Waals surface area (Å²) in [6.45, 7) is 3.51. The minimum atomic E-state index is -3.76. The minimum absolute atomic E-state index is 0.0247. The molecule has 2 aromatic heterocycles. The summed E-state index contributed by atoms with van der Waals surface area (Å²) in [5.74, 6) is 0.746. The van der Waals surface area contributed by atoms with Crippen molar-refractivity contribution in [3.8, 4) is 10.8 Å². The topological polar surface area (TPSA) is 63.4 Å². The van der Waals surface area contributed by atoms with E-state index in [0.717, 1.165) is 49.2 Å². The van der Waals surface area contributed by atoms with Crippen LogP contribution in [0.2, 0.25) is 0 Å². The fourth-order valence-corrected chi connectivity index (χ4v) is 5.25. The normalized spacial score (nSPS) is 15.7. The number of rotatable bonds is 4. The van der Waals surface area contributed by atoms with Crippen molar-refractivity contribution in [1.29, 1.82) is 0 Å². The first-order valence-corrected chi connectivity index (χ1v) is 11.5. The van der Waals surface area contributed by atoms with E-state index in [4.69, 9.17) is 4.42 Å². The molecule has 0 saturated carbocycles. The van der Waals surface area contributed by atoms with Gasteiger partial charge in [0.25, 0.3) is 0 Å². The molecule has 0 radical (unpaired) electrons. The zero-order valence-electron chi connectivity index (χ0n) is 15.2. The van der Waals surface area contributed by atoms with E-state index in [-0.39, 0.29) is 9.92 Å². The maximum atomic E-state index is 13.3. The summed E-state index contributed by atoms with van der Waals surface area (Å²) < 4.78 is 32.7. The third-order valence-electron chi connectivity index (χ3n) is 4.79. The number of benzene rings is 1. The predicted molar refractivity (Wildman–Crippen MR) is 107 cm³/mol. The van der Waals surface area contributed by atoms with Gasteiger partial charge in [0.1, 0.15) is 0 Å². The molecule has 1 fully saturated rings. The third-order valence-corrected chi connectivity index (χ3v) is 7.32. The first-order valence-electron chi connectivity index (χ1n) is 9.17. The van der Waals surface area contributed by atoms with Crippen molar-refractivity contribution in [3.63, 3.8) is 0 Å². The number of sulfone groups is 1. The Kier molecular flexibility index (Phi) is 5.06. The van der Waals surface area contributed by atoms with Crippen molar-refractivity contribution in [2.24, 2.45) is 0 Å². The van der Waals surface area contributed by atoms with Gasteiger partial charge in [0.05, 0.1) is 9.77 Å². The maximum Gasteiger partial charge on any atom is 0.240 e. The number of nitrogens with zero attached hydrogens (tertiary/aromatic N) is 2. The van der Waals surface area contributed by atoms with Crippen LogP contribution in [-0.4, -0.2) is 26.5 Å². The van der Waals surface area contributed by atoms with Crippen molar-refractivity contribution in [3.05, 3.63) is 47.3 Å². The summed E-state index contributed by atoms with van der Waals surface area (Å²) in [5, 5.41) is 1.95. The molecule has 4 rings (SSSR count). The van der Waals surface area contributed by atoms with E-state index in [2.05, 4.69) is 4.98 Å². The molecule has 0 N–H and O–H groups in total. The van der Waals surface area contributed by atoms with Crippen molar-refractivity contribution in [2.75, 3.05) is 18.0 Å². The Labute approximate surface area is 163 Å². The highest BCUT2D eigenvalue weighted by molar-refractivity contribution is 7.91. The summed E-state index contributed by atoms with van der Waals surface area (Å²) in [4.78, 5) is 7.56. The maximum absolute atomic E-state index is 13.3. The first kappa shape index (κ1) is 18.3. The number of thiophene rings is 1. The number of aryl methyl sites for hydroxylation is 1. The minimum Gasteiger partial charge on any atom is -0.418 e. The molecule has 0 atom stereocenters. The molecule has 3 heterocycles. The van der Waals surface area contributed by atoms with Crippen LogP contribution in [0.25, 0.3) is 10.8 Å². The molecular weight excluding hydrogens is 380 g/mol. The summed E-state index contributed by atoms with van der Waals surface area (Å²) in [5.41, 5.74) is 1.01. The molecule has 0 spiro atoms. The van der Waals surface area contributed by atoms with Gasteiger partial charge in [-0.15, -0.1) is 11.3 Å². The summed E-state index contributed by atoms with van der Waals surface area (Å²) in [6.07, 6.45) is 4.36. The fourth-order valence-electron chi connectivity index (χ4n) is 3.28. The fraction of sp³-hybridized carbons (Fsp3) is 0.350. The molecule has 1 aliphatic heterocycles. The average molecular weight is 403 g/mol. The Bertz CT molecular complexity index is 998. The number of hydrogen-bond acceptors (Lipinski definition) is 6. The SMILES string of the molecule is Cc1ccc(S(=O)(=O)c2nc(-c3cccs3)oc2N2CCCCCC2)cc1. The van der Waals surface area contributed by atoms with Crippen LogP contribution in [0.1, 0.15) is 31.2 Å². The zero-order chi connectivity index (χ0) is 18.9. The predicted octanol–water partition coefficient (Wildman–Crippen LogP) is 4.92. The quantitative estimate of drug-likeness (QED) is 0.619. The lowest BCUT2D eigenvalue weighted by Gasteiger charge is -2.20. The van der Waals surface area contributed by atoms with Gasteiger partial charge in [-0.05, 0) is 43.3 Å². The largest absolute Gasteiger partial charge is 0.418 e. The van der Waals surface area contributed by atoms with Gasteiger partial charge in [0, 0.05) is 13.1 Å². The molecular formula is C20H22N2O3S2. The van der Waals surface area contributed by atoms with Gasteiger partial charge >= 0.3 is 0 Å². The van der Waals surface area contributed by atoms with Crippen molar-refractivity contribution < 1.29 is 12.8 Å². The van der Waals surface area contributed by atoms with Gasteiger partial charge in [-0.25, -0.2) is 8.42 Å². The monoisotopic (exact) mass is 402 g/mol. The Morgan fingerprint density at radius 3 is 2.37 bits per heavy atom. The van der Waals surface area contributed by atoms with Gasteiger partial charge < -0.3 is 9.32 Å². The number of aromatic nitrogens is 1. The van der Waals surface area contributed by atoms with E-state index >= 15 is 0 Å². The van der Waals surface area contributed by atoms with Crippen LogP contribution in [0.5, 0.6) is 0 Å². The lowest BCUT2D eigenvalue weighted by molar-refractivity contribution is 0.544. The van der Waals surface area contributed by atoms with Crippen molar-refractivity contribution in [1.82, 2.24) is 4.98 Å². The van der Waals surface area contributed by atoms with Gasteiger partial charge in [-0.1, -0.05) is 36.6 Å². The zero-order valence-corrected chi connectivity index (χ0v) is 16.9. The van der Waals surface area contributed by atoms with Crippen LogP contribution >= 0.6 is 11.3 Å². The Hall–Kier alpha value is -2.12. The molecule has 0 aliphatic carbocycles. The second-order valence-corrected chi connectivity index (χ2v) is 9.64. The molecule has 7 heteroatoms. The smallest absolute Gasteiger partial charge is 0.240 e. The first-order chi connectivity index (χ1) is 13.1. The molecule has 0 amide bonds. The van der Waals surface area contributed by atoms with E-state index in [0.29, 0.717) is 11.8 Å². The lowest BCUT2D eigenvalue weighted by atomic mass is 10.2. The van der Waals surface area contributed by atoms with Gasteiger partial charge in [0.15, 0.2) is 0 Å². The van der Waals surface area contributed by atoms with E-state index < -0.39 is 9.84 Å². The Morgan fingerprint density at radius 2 is 1.74 bits per heavy atom.